The molecular weight excluding hydrogens is 458 g/mol. The molecule has 36 heavy (non-hydrogen) atoms. The van der Waals surface area contributed by atoms with Crippen LogP contribution in [0.15, 0.2) is 53.8 Å². The van der Waals surface area contributed by atoms with Crippen molar-refractivity contribution in [3.8, 4) is 5.75 Å². The summed E-state index contributed by atoms with van der Waals surface area (Å²) in [5.74, 6) is -0.544. The van der Waals surface area contributed by atoms with Crippen LogP contribution in [0.25, 0.3) is 0 Å². The Hall–Kier alpha value is -3.17. The number of rotatable bonds is 4. The molecule has 1 aliphatic carbocycles. The van der Waals surface area contributed by atoms with Gasteiger partial charge in [-0.05, 0) is 71.1 Å². The van der Waals surface area contributed by atoms with E-state index in [0.717, 1.165) is 36.2 Å². The Morgan fingerprint density at radius 3 is 2.92 bits per heavy atom. The minimum atomic E-state index is -0.901. The summed E-state index contributed by atoms with van der Waals surface area (Å²) in [6, 6.07) is 6.86. The maximum Gasteiger partial charge on any atom is 0.330 e. The summed E-state index contributed by atoms with van der Waals surface area (Å²) in [6.45, 7) is 6.52. The zero-order valence-corrected chi connectivity index (χ0v) is 21.2. The van der Waals surface area contributed by atoms with Crippen molar-refractivity contribution >= 4 is 11.7 Å². The van der Waals surface area contributed by atoms with Crippen LogP contribution in [0.3, 0.4) is 0 Å². The number of anilines is 1. The SMILES string of the molecule is C/C1=C(/C)[C@]2(N)CC(n3cc(CNc4cccc(O)c4)nn3)C[C@H]2[C@H](O)C=CC(=O)O[C@@H](C)CCC1. The summed E-state index contributed by atoms with van der Waals surface area (Å²) in [7, 11) is 0. The zero-order chi connectivity index (χ0) is 25.9. The smallest absolute Gasteiger partial charge is 0.330 e. The van der Waals surface area contributed by atoms with Gasteiger partial charge in [0, 0.05) is 29.3 Å². The summed E-state index contributed by atoms with van der Waals surface area (Å²) in [5.41, 5.74) is 10.2. The fraction of sp³-hybridized carbons (Fsp3) is 0.519. The number of carbonyl (C=O) groups is 1. The fourth-order valence-corrected chi connectivity index (χ4v) is 5.43. The first-order valence-corrected chi connectivity index (χ1v) is 12.6. The van der Waals surface area contributed by atoms with E-state index in [2.05, 4.69) is 29.5 Å². The van der Waals surface area contributed by atoms with Gasteiger partial charge in [0.1, 0.15) is 11.4 Å². The number of nitrogens with zero attached hydrogens (tertiary/aromatic N) is 3. The lowest BCUT2D eigenvalue weighted by molar-refractivity contribution is -0.142. The Balaban J connectivity index is 1.55. The van der Waals surface area contributed by atoms with Crippen LogP contribution in [0.4, 0.5) is 5.69 Å². The third-order valence-corrected chi connectivity index (χ3v) is 7.67. The molecule has 194 valence electrons. The fourth-order valence-electron chi connectivity index (χ4n) is 5.43. The van der Waals surface area contributed by atoms with Crippen LogP contribution >= 0.6 is 0 Å². The normalized spacial score (nSPS) is 31.6. The highest BCUT2D eigenvalue weighted by Crippen LogP contribution is 2.47. The number of hydrogen-bond acceptors (Lipinski definition) is 8. The standard InChI is InChI=1S/C27H37N5O4/c1-17-6-4-7-18(2)36-26(35)11-10-25(34)24-13-22(14-27(24,28)19(17)3)32-16-21(30-31-32)15-29-20-8-5-9-23(33)12-20/h5,8-12,16,18,22,24-25,29,33-34H,4,6-7,13-15,28H2,1-3H3/b11-10?,19-17+/t18-,22?,24-,25+,27+/m0/s1. The summed E-state index contributed by atoms with van der Waals surface area (Å²) in [4.78, 5) is 12.2. The minimum Gasteiger partial charge on any atom is -0.508 e. The van der Waals surface area contributed by atoms with Gasteiger partial charge in [0.15, 0.2) is 0 Å². The van der Waals surface area contributed by atoms with Gasteiger partial charge >= 0.3 is 5.97 Å². The van der Waals surface area contributed by atoms with Crippen LogP contribution in [0.1, 0.15) is 64.6 Å². The van der Waals surface area contributed by atoms with E-state index in [4.69, 9.17) is 10.5 Å². The Morgan fingerprint density at radius 2 is 2.14 bits per heavy atom. The minimum absolute atomic E-state index is 0.0484. The van der Waals surface area contributed by atoms with E-state index < -0.39 is 17.6 Å². The van der Waals surface area contributed by atoms with E-state index in [-0.39, 0.29) is 23.8 Å². The second-order valence-corrected chi connectivity index (χ2v) is 10.2. The number of fused-ring (bicyclic) bond motifs is 1. The third kappa shape index (κ3) is 5.79. The topological polar surface area (TPSA) is 136 Å². The van der Waals surface area contributed by atoms with Gasteiger partial charge in [-0.2, -0.15) is 0 Å². The van der Waals surface area contributed by atoms with E-state index in [1.165, 1.54) is 17.7 Å². The molecule has 1 aromatic heterocycles. The molecule has 5 atom stereocenters. The summed E-state index contributed by atoms with van der Waals surface area (Å²) < 4.78 is 7.27. The van der Waals surface area contributed by atoms with Crippen molar-refractivity contribution in [1.82, 2.24) is 15.0 Å². The van der Waals surface area contributed by atoms with Crippen LogP contribution in [0.2, 0.25) is 0 Å². The summed E-state index contributed by atoms with van der Waals surface area (Å²) in [5, 5.41) is 32.7. The number of hydrogen-bond donors (Lipinski definition) is 4. The highest BCUT2D eigenvalue weighted by atomic mass is 16.5. The zero-order valence-electron chi connectivity index (χ0n) is 21.2. The average molecular weight is 496 g/mol. The number of cyclic esters (lactones) is 1. The maximum absolute atomic E-state index is 12.2. The molecule has 0 radical (unpaired) electrons. The van der Waals surface area contributed by atoms with Crippen molar-refractivity contribution < 1.29 is 19.7 Å². The third-order valence-electron chi connectivity index (χ3n) is 7.67. The van der Waals surface area contributed by atoms with Gasteiger partial charge in [-0.3, -0.25) is 0 Å². The predicted molar refractivity (Wildman–Crippen MR) is 137 cm³/mol. The van der Waals surface area contributed by atoms with Crippen LogP contribution in [-0.4, -0.2) is 48.9 Å². The van der Waals surface area contributed by atoms with E-state index in [9.17, 15) is 15.0 Å². The van der Waals surface area contributed by atoms with Crippen molar-refractivity contribution in [3.05, 3.63) is 59.5 Å². The molecule has 4 rings (SSSR count). The molecule has 1 fully saturated rings. The van der Waals surface area contributed by atoms with E-state index in [1.807, 2.05) is 23.9 Å². The molecular formula is C27H37N5O4. The average Bonchev–Trinajstić information content (AvgIpc) is 3.45. The van der Waals surface area contributed by atoms with Gasteiger partial charge in [-0.15, -0.1) is 5.10 Å². The number of phenols is 1. The number of aromatic nitrogens is 3. The van der Waals surface area contributed by atoms with Gasteiger partial charge in [-0.1, -0.05) is 22.4 Å². The molecule has 2 aromatic rings. The molecule has 0 saturated heterocycles. The molecule has 2 heterocycles. The van der Waals surface area contributed by atoms with Crippen molar-refractivity contribution in [3.63, 3.8) is 0 Å². The first kappa shape index (κ1) is 25.9. The molecule has 0 bridgehead atoms. The number of nitrogens with two attached hydrogens (primary N) is 1. The molecule has 1 aliphatic heterocycles. The number of nitrogens with one attached hydrogen (secondary N) is 1. The maximum atomic E-state index is 12.2. The Kier molecular flexibility index (Phi) is 7.80. The van der Waals surface area contributed by atoms with Crippen molar-refractivity contribution in [2.75, 3.05) is 5.32 Å². The lowest BCUT2D eigenvalue weighted by atomic mass is 9.76. The number of phenolic OH excluding ortho intramolecular Hbond substituents is 1. The molecule has 5 N–H and O–H groups in total. The lowest BCUT2D eigenvalue weighted by Gasteiger charge is -2.36. The molecule has 1 saturated carbocycles. The number of allylic oxidation sites excluding steroid dienone is 1. The number of esters is 1. The summed E-state index contributed by atoms with van der Waals surface area (Å²) in [6.07, 6.45) is 7.39. The molecule has 0 amide bonds. The van der Waals surface area contributed by atoms with Crippen LogP contribution < -0.4 is 11.1 Å². The highest BCUT2D eigenvalue weighted by molar-refractivity contribution is 5.82. The van der Waals surface area contributed by atoms with Crippen molar-refractivity contribution in [1.29, 1.82) is 0 Å². The van der Waals surface area contributed by atoms with Gasteiger partial charge in [0.25, 0.3) is 0 Å². The number of ether oxygens (including phenoxy) is 1. The Labute approximate surface area is 212 Å². The molecule has 9 heteroatoms. The largest absolute Gasteiger partial charge is 0.508 e. The quantitative estimate of drug-likeness (QED) is 0.373. The summed E-state index contributed by atoms with van der Waals surface area (Å²) >= 11 is 0. The first-order chi connectivity index (χ1) is 17.2. The van der Waals surface area contributed by atoms with Gasteiger partial charge in [0.05, 0.1) is 31.0 Å². The van der Waals surface area contributed by atoms with Gasteiger partial charge < -0.3 is 26.0 Å². The van der Waals surface area contributed by atoms with E-state index >= 15 is 0 Å². The second kappa shape index (κ2) is 10.8. The van der Waals surface area contributed by atoms with Gasteiger partial charge in [-0.25, -0.2) is 9.48 Å². The molecule has 1 unspecified atom stereocenters. The van der Waals surface area contributed by atoms with Crippen LogP contribution in [-0.2, 0) is 16.1 Å². The second-order valence-electron chi connectivity index (χ2n) is 10.2. The lowest BCUT2D eigenvalue weighted by Crippen LogP contribution is -2.49. The predicted octanol–water partition coefficient (Wildman–Crippen LogP) is 3.61. The van der Waals surface area contributed by atoms with Crippen LogP contribution in [0, 0.1) is 5.92 Å². The van der Waals surface area contributed by atoms with Crippen molar-refractivity contribution in [2.24, 2.45) is 11.7 Å². The highest BCUT2D eigenvalue weighted by Gasteiger charge is 2.49. The van der Waals surface area contributed by atoms with Gasteiger partial charge in [0.2, 0.25) is 0 Å². The monoisotopic (exact) mass is 495 g/mol. The van der Waals surface area contributed by atoms with E-state index in [1.54, 1.807) is 18.2 Å². The Morgan fingerprint density at radius 1 is 1.33 bits per heavy atom. The number of carbonyl (C=O) groups excluding carboxylic acids is 1. The molecule has 1 aromatic carbocycles. The number of aliphatic hydroxyl groups is 1. The number of aliphatic hydroxyl groups excluding tert-OH is 1. The number of aromatic hydroxyl groups is 1. The molecule has 2 aliphatic rings. The van der Waals surface area contributed by atoms with Crippen LogP contribution in [0.5, 0.6) is 5.75 Å². The molecule has 0 spiro atoms. The Bertz CT molecular complexity index is 1140. The van der Waals surface area contributed by atoms with Crippen molar-refractivity contribution in [2.45, 2.75) is 83.2 Å². The number of benzene rings is 1. The van der Waals surface area contributed by atoms with E-state index in [0.29, 0.717) is 19.4 Å². The molecule has 9 nitrogen and oxygen atoms in total. The first-order valence-electron chi connectivity index (χ1n) is 12.6.